The van der Waals surface area contributed by atoms with Gasteiger partial charge in [-0.1, -0.05) is 207 Å². The topological polar surface area (TPSA) is 9.86 Å². The van der Waals surface area contributed by atoms with Crippen LogP contribution in [0.2, 0.25) is 0 Å². The van der Waals surface area contributed by atoms with Crippen LogP contribution in [0.3, 0.4) is 0 Å². The van der Waals surface area contributed by atoms with E-state index < -0.39 is 50.4 Å². The maximum absolute atomic E-state index is 10.2. The highest BCUT2D eigenvalue weighted by Gasteiger charge is 2.42. The standard InChI is InChI=1S/C60H48N2Si/c1-5-20-43(21-6-1)45-24-17-30-50(40-45)63(48-26-9-3-10-27-48,49-28-11-4-12-29-49)51-31-18-25-46(41-51)61-57-36-15-13-32-53(57)55-39-38-47(42-59(55)61)62-58-37-16-14-33-54(58)56-35-19-34-52(60(56)62)44-22-7-2-8-23-44/h1,3-6,9-21,24-42,44H,2,7-8,22-23H2/i1D,5D,6D,17D,20D,21D,24D,30D,40D. The average Bonchev–Trinajstić information content (AvgIpc) is 3.95. The number of hydrogen-bond donors (Lipinski definition) is 0. The lowest BCUT2D eigenvalue weighted by molar-refractivity contribution is 0.445. The molecule has 9 aromatic carbocycles. The van der Waals surface area contributed by atoms with Crippen LogP contribution in [-0.4, -0.2) is 17.2 Å². The fraction of sp³-hybridized carbons (Fsp3) is 0.100. The minimum atomic E-state index is -3.95. The van der Waals surface area contributed by atoms with E-state index in [2.05, 4.69) is 106 Å². The van der Waals surface area contributed by atoms with Gasteiger partial charge in [0.05, 0.1) is 34.4 Å². The fourth-order valence-corrected chi connectivity index (χ4v) is 15.2. The zero-order valence-electron chi connectivity index (χ0n) is 43.7. The molecule has 12 rings (SSSR count). The summed E-state index contributed by atoms with van der Waals surface area (Å²) in [6.07, 6.45) is 6.10. The second-order valence-electron chi connectivity index (χ2n) is 16.8. The third-order valence-corrected chi connectivity index (χ3v) is 18.0. The van der Waals surface area contributed by atoms with Gasteiger partial charge in [0.25, 0.3) is 0 Å². The first-order valence-electron chi connectivity index (χ1n) is 26.5. The Hall–Kier alpha value is -7.20. The van der Waals surface area contributed by atoms with Crippen LogP contribution in [0.25, 0.3) is 66.1 Å². The van der Waals surface area contributed by atoms with Gasteiger partial charge in [0.2, 0.25) is 0 Å². The molecule has 3 heteroatoms. The van der Waals surface area contributed by atoms with Crippen molar-refractivity contribution in [3.05, 3.63) is 230 Å². The van der Waals surface area contributed by atoms with Gasteiger partial charge >= 0.3 is 0 Å². The van der Waals surface area contributed by atoms with Gasteiger partial charge in [-0.3, -0.25) is 0 Å². The number of hydrogen-bond acceptors (Lipinski definition) is 0. The molecule has 2 heterocycles. The SMILES string of the molecule is [2H]c1c([2H])c([2H])c(-c2c([2H])c([2H])c([2H])c([Si](c3ccccc3)(c3ccccc3)c3cccc(-n4c5ccccc5c5ccc(-n6c7ccccc7c7cccc(C8CCCCC8)c76)cc54)c3)c2[2H])c([2H])c1[2H]. The summed E-state index contributed by atoms with van der Waals surface area (Å²) in [5, 5.41) is 7.23. The second-order valence-corrected chi connectivity index (χ2v) is 20.5. The Morgan fingerprint density at radius 2 is 1.00 bits per heavy atom. The molecule has 1 aliphatic carbocycles. The van der Waals surface area contributed by atoms with Crippen molar-refractivity contribution in [1.29, 1.82) is 0 Å². The summed E-state index contributed by atoms with van der Waals surface area (Å²) in [5.41, 5.74) is 7.08. The molecular formula is C60H48N2Si. The minimum absolute atomic E-state index is 0.185. The van der Waals surface area contributed by atoms with Gasteiger partial charge in [0.15, 0.2) is 8.07 Å². The fourth-order valence-electron chi connectivity index (χ4n) is 10.7. The first kappa shape index (κ1) is 29.2. The van der Waals surface area contributed by atoms with E-state index in [0.717, 1.165) is 54.3 Å². The lowest BCUT2D eigenvalue weighted by Gasteiger charge is -2.35. The highest BCUT2D eigenvalue weighted by atomic mass is 28.3. The first-order valence-corrected chi connectivity index (χ1v) is 24.0. The van der Waals surface area contributed by atoms with Crippen molar-refractivity contribution in [2.24, 2.45) is 0 Å². The molecule has 0 unspecified atom stereocenters. The molecule has 1 saturated carbocycles. The van der Waals surface area contributed by atoms with Crippen LogP contribution in [0.4, 0.5) is 0 Å². The molecule has 0 atom stereocenters. The normalized spacial score (nSPS) is 15.7. The highest BCUT2D eigenvalue weighted by molar-refractivity contribution is 7.20. The van der Waals surface area contributed by atoms with Crippen molar-refractivity contribution in [1.82, 2.24) is 9.13 Å². The van der Waals surface area contributed by atoms with E-state index in [1.54, 1.807) is 0 Å². The molecule has 0 aliphatic heterocycles. The van der Waals surface area contributed by atoms with Gasteiger partial charge in [-0.2, -0.15) is 0 Å². The van der Waals surface area contributed by atoms with Gasteiger partial charge in [0.1, 0.15) is 0 Å². The van der Waals surface area contributed by atoms with Crippen LogP contribution in [0.15, 0.2) is 224 Å². The number of fused-ring (bicyclic) bond motifs is 6. The zero-order chi connectivity index (χ0) is 49.6. The third-order valence-electron chi connectivity index (χ3n) is 13.4. The van der Waals surface area contributed by atoms with Gasteiger partial charge in [0, 0.05) is 32.9 Å². The molecule has 0 N–H and O–H groups in total. The van der Waals surface area contributed by atoms with Gasteiger partial charge in [-0.15, -0.1) is 0 Å². The molecule has 2 nitrogen and oxygen atoms in total. The summed E-state index contributed by atoms with van der Waals surface area (Å²) in [6.45, 7) is 0. The largest absolute Gasteiger partial charge is 0.309 e. The molecule has 1 fully saturated rings. The Labute approximate surface area is 383 Å². The van der Waals surface area contributed by atoms with E-state index in [1.807, 2.05) is 72.8 Å². The summed E-state index contributed by atoms with van der Waals surface area (Å²) < 4.78 is 87.0. The summed E-state index contributed by atoms with van der Waals surface area (Å²) >= 11 is 0. The average molecular weight is 834 g/mol. The Balaban J connectivity index is 1.16. The van der Waals surface area contributed by atoms with Crippen LogP contribution in [0.1, 0.15) is 55.9 Å². The highest BCUT2D eigenvalue weighted by Crippen LogP contribution is 2.42. The maximum Gasteiger partial charge on any atom is 0.179 e. The van der Waals surface area contributed by atoms with Crippen molar-refractivity contribution < 1.29 is 12.3 Å². The Kier molecular flexibility index (Phi) is 7.23. The maximum atomic E-state index is 10.2. The Morgan fingerprint density at radius 1 is 0.413 bits per heavy atom. The molecular weight excluding hydrogens is 777 g/mol. The third kappa shape index (κ3) is 6.13. The van der Waals surface area contributed by atoms with Crippen molar-refractivity contribution in [3.63, 3.8) is 0 Å². The lowest BCUT2D eigenvalue weighted by atomic mass is 9.83. The Morgan fingerprint density at radius 3 is 1.75 bits per heavy atom. The quantitative estimate of drug-likeness (QED) is 0.107. The summed E-state index contributed by atoms with van der Waals surface area (Å²) in [6, 6.07) is 53.9. The van der Waals surface area contributed by atoms with Crippen molar-refractivity contribution >= 4 is 72.4 Å². The number of aromatic nitrogens is 2. The molecule has 1 aliphatic rings. The summed E-state index contributed by atoms with van der Waals surface area (Å²) in [5.74, 6) is 0.479. The molecule has 0 bridgehead atoms. The van der Waals surface area contributed by atoms with Gasteiger partial charge in [-0.05, 0) is 92.6 Å². The van der Waals surface area contributed by atoms with Crippen molar-refractivity contribution in [2.45, 2.75) is 38.0 Å². The van der Waals surface area contributed by atoms with Gasteiger partial charge < -0.3 is 9.13 Å². The van der Waals surface area contributed by atoms with Crippen LogP contribution < -0.4 is 20.7 Å². The number of rotatable bonds is 8. The van der Waals surface area contributed by atoms with Crippen molar-refractivity contribution in [2.75, 3.05) is 0 Å². The smallest absolute Gasteiger partial charge is 0.179 e. The van der Waals surface area contributed by atoms with Crippen LogP contribution in [-0.2, 0) is 0 Å². The monoisotopic (exact) mass is 833 g/mol. The van der Waals surface area contributed by atoms with E-state index >= 15 is 0 Å². The molecule has 11 aromatic rings. The van der Waals surface area contributed by atoms with Crippen molar-refractivity contribution in [3.8, 4) is 22.5 Å². The van der Waals surface area contributed by atoms with Crippen LogP contribution in [0, 0.1) is 0 Å². The van der Waals surface area contributed by atoms with E-state index in [9.17, 15) is 5.48 Å². The molecule has 302 valence electrons. The van der Waals surface area contributed by atoms with E-state index in [0.29, 0.717) is 5.92 Å². The molecule has 0 spiro atoms. The Bertz CT molecular complexity index is 3900. The summed E-state index contributed by atoms with van der Waals surface area (Å²) in [4.78, 5) is 0. The summed E-state index contributed by atoms with van der Waals surface area (Å²) in [7, 11) is -3.95. The number of benzene rings is 9. The molecule has 2 aromatic heterocycles. The first-order chi connectivity index (χ1) is 35.0. The predicted octanol–water partition coefficient (Wildman–Crippen LogP) is 13.0. The minimum Gasteiger partial charge on any atom is -0.309 e. The number of nitrogens with zero attached hydrogens (tertiary/aromatic N) is 2. The van der Waals surface area contributed by atoms with Gasteiger partial charge in [-0.25, -0.2) is 0 Å². The molecule has 0 saturated heterocycles. The molecule has 0 radical (unpaired) electrons. The van der Waals surface area contributed by atoms with Crippen LogP contribution in [0.5, 0.6) is 0 Å². The molecule has 0 amide bonds. The van der Waals surface area contributed by atoms with E-state index in [1.165, 1.54) is 54.0 Å². The van der Waals surface area contributed by atoms with E-state index in [4.69, 9.17) is 6.85 Å². The van der Waals surface area contributed by atoms with E-state index in [-0.39, 0.29) is 28.4 Å². The van der Waals surface area contributed by atoms with Crippen LogP contribution >= 0.6 is 0 Å². The molecule has 63 heavy (non-hydrogen) atoms. The lowest BCUT2D eigenvalue weighted by Crippen LogP contribution is -2.74. The predicted molar refractivity (Wildman–Crippen MR) is 270 cm³/mol. The second kappa shape index (κ2) is 15.6. The zero-order valence-corrected chi connectivity index (χ0v) is 35.7. The number of para-hydroxylation sites is 3.